The van der Waals surface area contributed by atoms with Gasteiger partial charge in [-0.05, 0) is 120 Å². The summed E-state index contributed by atoms with van der Waals surface area (Å²) < 4.78 is 32.5. The van der Waals surface area contributed by atoms with Crippen LogP contribution in [-0.4, -0.2) is 120 Å². The van der Waals surface area contributed by atoms with Crippen LogP contribution in [0.1, 0.15) is 91.1 Å². The van der Waals surface area contributed by atoms with Crippen molar-refractivity contribution < 1.29 is 41.9 Å². The maximum absolute atomic E-state index is 13.3. The first-order valence-electron chi connectivity index (χ1n) is 22.5. The van der Waals surface area contributed by atoms with Crippen LogP contribution in [0, 0.1) is 6.92 Å². The number of sulfone groups is 1. The predicted molar refractivity (Wildman–Crippen MR) is 255 cm³/mol. The van der Waals surface area contributed by atoms with Crippen molar-refractivity contribution in [2.45, 2.75) is 88.5 Å². The van der Waals surface area contributed by atoms with E-state index in [2.05, 4.69) is 46.8 Å². The molecular weight excluding hydrogens is 916 g/mol. The molecule has 3 aromatic carbocycles. The van der Waals surface area contributed by atoms with E-state index in [1.165, 1.54) is 12.3 Å². The lowest BCUT2D eigenvalue weighted by atomic mass is 9.86. The summed E-state index contributed by atoms with van der Waals surface area (Å²) in [4.78, 5) is 88.1. The third-order valence-electron chi connectivity index (χ3n) is 11.9. The lowest BCUT2D eigenvalue weighted by Crippen LogP contribution is -2.54. The molecule has 4 aromatic rings. The molecule has 360 valence electrons. The predicted octanol–water partition coefficient (Wildman–Crippen LogP) is 4.82. The number of hydrogen-bond acceptors (Lipinski definition) is 15. The molecule has 19 nitrogen and oxygen atoms in total. The van der Waals surface area contributed by atoms with Gasteiger partial charge >= 0.3 is 0 Å². The number of fused-ring (bicyclic) bond motifs is 1. The van der Waals surface area contributed by atoms with Gasteiger partial charge in [0.1, 0.15) is 16.8 Å². The second-order valence-electron chi connectivity index (χ2n) is 17.4. The molecule has 6 N–H and O–H groups in total. The van der Waals surface area contributed by atoms with Gasteiger partial charge in [-0.15, -0.1) is 0 Å². The minimum atomic E-state index is -3.61. The first kappa shape index (κ1) is 49.3. The molecule has 0 saturated carbocycles. The second-order valence-corrected chi connectivity index (χ2v) is 20.3. The molecule has 21 heteroatoms. The molecule has 4 heterocycles. The van der Waals surface area contributed by atoms with Gasteiger partial charge in [0, 0.05) is 25.2 Å². The number of halogens is 1. The van der Waals surface area contributed by atoms with E-state index < -0.39 is 50.7 Å². The van der Waals surface area contributed by atoms with Gasteiger partial charge < -0.3 is 31.3 Å². The third kappa shape index (κ3) is 11.2. The van der Waals surface area contributed by atoms with Gasteiger partial charge in [-0.25, -0.2) is 13.4 Å². The van der Waals surface area contributed by atoms with Gasteiger partial charge in [0.05, 0.1) is 58.0 Å². The highest BCUT2D eigenvalue weighted by Crippen LogP contribution is 2.39. The summed E-state index contributed by atoms with van der Waals surface area (Å²) in [6.45, 7) is 10.7. The lowest BCUT2D eigenvalue weighted by Gasteiger charge is -2.32. The maximum Gasteiger partial charge on any atom is 0.264 e. The largest absolute Gasteiger partial charge is 0.489 e. The smallest absolute Gasteiger partial charge is 0.264 e. The zero-order chi connectivity index (χ0) is 48.9. The molecule has 6 amide bonds. The number of nitrogens with one attached hydrogen (secondary N) is 6. The van der Waals surface area contributed by atoms with Crippen molar-refractivity contribution in [2.75, 3.05) is 55.2 Å². The standard InChI is InChI=1S/C47H55ClN10O9S/c1-26(2)67-37-22-31(28(5)21-35(37)54-47-52-23-32(48)43(56-47)53-33-10-6-7-12-38(33)68(65,66)27(3)4)29-15-19-57(20-16-29)25-41(61)51-24-40(60)50-18-17-49-34-11-8-9-30-42(34)46(64)58(45(30)63)36-13-14-39(59)55-44(36)62/h6-12,21-23,26-27,29,36,49H,13-20,24-25H2,1-5H3,(H,50,60)(H,51,61)(H,55,59,62)(H2,52,53,54,56). The number of ether oxygens (including phenoxy) is 1. The molecule has 1 atom stereocenters. The SMILES string of the molecule is Cc1cc(Nc2ncc(Cl)c(Nc3ccccc3S(=O)(=O)C(C)C)n2)c(OC(C)C)cc1C1CCN(CC(=O)NCC(=O)NCCNc2cccc3c2C(=O)N(C2CCC(=O)NC2=O)C3=O)CC1. The Morgan fingerprint density at radius 3 is 2.34 bits per heavy atom. The summed E-state index contributed by atoms with van der Waals surface area (Å²) in [6, 6.07) is 14.3. The van der Waals surface area contributed by atoms with Crippen molar-refractivity contribution in [3.63, 3.8) is 0 Å². The second kappa shape index (κ2) is 21.1. The summed E-state index contributed by atoms with van der Waals surface area (Å²) in [5, 5.41) is 16.6. The van der Waals surface area contributed by atoms with Crippen molar-refractivity contribution in [3.05, 3.63) is 88.1 Å². The first-order chi connectivity index (χ1) is 32.4. The number of carbonyl (C=O) groups excluding carboxylic acids is 6. The Morgan fingerprint density at radius 2 is 1.62 bits per heavy atom. The minimum Gasteiger partial charge on any atom is -0.489 e. The average Bonchev–Trinajstić information content (AvgIpc) is 3.55. The van der Waals surface area contributed by atoms with E-state index in [0.717, 1.165) is 28.9 Å². The number of para-hydroxylation sites is 1. The monoisotopic (exact) mass is 970 g/mol. The van der Waals surface area contributed by atoms with Crippen LogP contribution >= 0.6 is 11.6 Å². The molecule has 3 aliphatic rings. The molecule has 68 heavy (non-hydrogen) atoms. The van der Waals surface area contributed by atoms with Gasteiger partial charge in [-0.1, -0.05) is 29.8 Å². The number of imide groups is 2. The van der Waals surface area contributed by atoms with Gasteiger partial charge in [0.25, 0.3) is 11.8 Å². The van der Waals surface area contributed by atoms with Gasteiger partial charge in [-0.2, -0.15) is 4.98 Å². The number of anilines is 5. The Hall–Kier alpha value is -6.64. The van der Waals surface area contributed by atoms with Crippen LogP contribution in [0.2, 0.25) is 5.02 Å². The van der Waals surface area contributed by atoms with Crippen LogP contribution in [0.4, 0.5) is 28.8 Å². The van der Waals surface area contributed by atoms with Crippen LogP contribution in [0.5, 0.6) is 5.75 Å². The molecule has 0 radical (unpaired) electrons. The topological polar surface area (TPSA) is 250 Å². The number of nitrogens with zero attached hydrogens (tertiary/aromatic N) is 4. The highest BCUT2D eigenvalue weighted by atomic mass is 35.5. The van der Waals surface area contributed by atoms with Crippen molar-refractivity contribution in [3.8, 4) is 5.75 Å². The summed E-state index contributed by atoms with van der Waals surface area (Å²) in [6.07, 6.45) is 2.93. The zero-order valence-electron chi connectivity index (χ0n) is 38.4. The van der Waals surface area contributed by atoms with Crippen molar-refractivity contribution in [1.29, 1.82) is 0 Å². The Morgan fingerprint density at radius 1 is 0.882 bits per heavy atom. The number of aryl methyl sites for hydroxylation is 1. The van der Waals surface area contributed by atoms with E-state index in [0.29, 0.717) is 35.9 Å². The quantitative estimate of drug-likeness (QED) is 0.0578. The van der Waals surface area contributed by atoms with E-state index in [1.54, 1.807) is 50.2 Å². The normalized spacial score (nSPS) is 16.7. The van der Waals surface area contributed by atoms with Gasteiger partial charge in [-0.3, -0.25) is 43.9 Å². The van der Waals surface area contributed by atoms with Crippen LogP contribution < -0.4 is 36.6 Å². The lowest BCUT2D eigenvalue weighted by molar-refractivity contribution is -0.136. The number of amides is 6. The van der Waals surface area contributed by atoms with Gasteiger partial charge in [0.15, 0.2) is 15.7 Å². The summed E-state index contributed by atoms with van der Waals surface area (Å²) in [7, 11) is -3.61. The third-order valence-corrected chi connectivity index (χ3v) is 14.3. The average molecular weight is 972 g/mol. The molecule has 1 unspecified atom stereocenters. The maximum atomic E-state index is 13.3. The number of likely N-dealkylation sites (tertiary alicyclic amines) is 1. The molecule has 1 aromatic heterocycles. The Balaban J connectivity index is 0.880. The Kier molecular flexibility index (Phi) is 15.3. The Labute approximate surface area is 399 Å². The highest BCUT2D eigenvalue weighted by molar-refractivity contribution is 7.92. The van der Waals surface area contributed by atoms with Gasteiger partial charge in [0.2, 0.25) is 29.6 Å². The van der Waals surface area contributed by atoms with E-state index in [4.69, 9.17) is 16.3 Å². The van der Waals surface area contributed by atoms with Crippen LogP contribution in [0.15, 0.2) is 65.7 Å². The number of carbonyl (C=O) groups is 6. The fraction of sp³-hybridized carbons (Fsp3) is 0.404. The molecular formula is C47H55ClN10O9S. The summed E-state index contributed by atoms with van der Waals surface area (Å²) >= 11 is 6.50. The number of hydrogen-bond donors (Lipinski definition) is 6. The number of benzene rings is 3. The van der Waals surface area contributed by atoms with Crippen LogP contribution in [0.25, 0.3) is 0 Å². The van der Waals surface area contributed by atoms with Crippen LogP contribution in [-0.2, 0) is 29.0 Å². The molecule has 0 bridgehead atoms. The molecule has 2 fully saturated rings. The van der Waals surface area contributed by atoms with E-state index in [9.17, 15) is 37.2 Å². The highest BCUT2D eigenvalue weighted by Gasteiger charge is 2.45. The molecule has 3 aliphatic heterocycles. The molecule has 7 rings (SSSR count). The van der Waals surface area contributed by atoms with Crippen molar-refractivity contribution >= 4 is 85.7 Å². The Bertz CT molecular complexity index is 2740. The fourth-order valence-corrected chi connectivity index (χ4v) is 9.73. The zero-order valence-corrected chi connectivity index (χ0v) is 40.0. The van der Waals surface area contributed by atoms with Crippen molar-refractivity contribution in [1.82, 2.24) is 35.7 Å². The van der Waals surface area contributed by atoms with E-state index in [-0.39, 0.29) is 89.8 Å². The molecule has 0 aliphatic carbocycles. The van der Waals surface area contributed by atoms with Crippen molar-refractivity contribution in [2.24, 2.45) is 0 Å². The van der Waals surface area contributed by atoms with Crippen LogP contribution in [0.3, 0.4) is 0 Å². The summed E-state index contributed by atoms with van der Waals surface area (Å²) in [5.74, 6) is -1.85. The minimum absolute atomic E-state index is 0.0168. The van der Waals surface area contributed by atoms with E-state index >= 15 is 0 Å². The summed E-state index contributed by atoms with van der Waals surface area (Å²) in [5.41, 5.74) is 3.75. The number of piperidine rings is 2. The molecule has 0 spiro atoms. The molecule has 2 saturated heterocycles. The number of aromatic nitrogens is 2. The van der Waals surface area contributed by atoms with E-state index in [1.807, 2.05) is 32.9 Å². The number of rotatable bonds is 18. The fourth-order valence-electron chi connectivity index (χ4n) is 8.39. The first-order valence-corrected chi connectivity index (χ1v) is 24.4.